The molecular formula is C80H146NO8P. The molecule has 9 nitrogen and oxygen atoms in total. The summed E-state index contributed by atoms with van der Waals surface area (Å²) >= 11 is 0. The van der Waals surface area contributed by atoms with Crippen molar-refractivity contribution >= 4 is 19.8 Å². The first-order chi connectivity index (χ1) is 44.0. The lowest BCUT2D eigenvalue weighted by atomic mass is 10.0. The van der Waals surface area contributed by atoms with E-state index in [-0.39, 0.29) is 32.0 Å². The first-order valence-electron chi connectivity index (χ1n) is 38.3. The summed E-state index contributed by atoms with van der Waals surface area (Å²) in [4.78, 5) is 38.1. The summed E-state index contributed by atoms with van der Waals surface area (Å²) in [5, 5.41) is 0. The van der Waals surface area contributed by atoms with E-state index in [0.29, 0.717) is 17.4 Å². The highest BCUT2D eigenvalue weighted by atomic mass is 31.2. The largest absolute Gasteiger partial charge is 0.756 e. The van der Waals surface area contributed by atoms with Gasteiger partial charge >= 0.3 is 11.9 Å². The molecule has 0 rings (SSSR count). The lowest BCUT2D eigenvalue weighted by Crippen LogP contribution is -2.37. The molecule has 0 radical (unpaired) electrons. The van der Waals surface area contributed by atoms with Crippen molar-refractivity contribution in [2.75, 3.05) is 47.5 Å². The summed E-state index contributed by atoms with van der Waals surface area (Å²) < 4.78 is 34.4. The minimum atomic E-state index is -4.65. The molecule has 10 heteroatoms. The Hall–Kier alpha value is -2.81. The molecule has 90 heavy (non-hydrogen) atoms. The zero-order chi connectivity index (χ0) is 65.5. The summed E-state index contributed by atoms with van der Waals surface area (Å²) in [5.41, 5.74) is 0. The van der Waals surface area contributed by atoms with Crippen LogP contribution in [0.3, 0.4) is 0 Å². The summed E-state index contributed by atoms with van der Waals surface area (Å²) in [6.07, 6.45) is 96.9. The minimum Gasteiger partial charge on any atom is -0.756 e. The van der Waals surface area contributed by atoms with Crippen molar-refractivity contribution in [3.8, 4) is 0 Å². The Labute approximate surface area is 558 Å². The van der Waals surface area contributed by atoms with Gasteiger partial charge in [-0.25, -0.2) is 0 Å². The number of phosphoric ester groups is 1. The van der Waals surface area contributed by atoms with E-state index in [9.17, 15) is 19.0 Å². The molecule has 0 aromatic carbocycles. The van der Waals surface area contributed by atoms with E-state index in [1.807, 2.05) is 21.1 Å². The summed E-state index contributed by atoms with van der Waals surface area (Å²) in [5.74, 6) is -0.822. The van der Waals surface area contributed by atoms with Crippen LogP contribution in [0.5, 0.6) is 0 Å². The number of unbranched alkanes of at least 4 members (excludes halogenated alkanes) is 43. The Bertz CT molecular complexity index is 1800. The number of rotatable bonds is 71. The molecular weight excluding hydrogens is 1130 g/mol. The fourth-order valence-electron chi connectivity index (χ4n) is 11.1. The molecule has 0 saturated heterocycles. The van der Waals surface area contributed by atoms with E-state index in [4.69, 9.17) is 18.5 Å². The van der Waals surface area contributed by atoms with Crippen LogP contribution in [0, 0.1) is 0 Å². The lowest BCUT2D eigenvalue weighted by Gasteiger charge is -2.28. The minimum absolute atomic E-state index is 0.0322. The molecule has 0 amide bonds. The molecule has 0 N–H and O–H groups in total. The molecule has 0 fully saturated rings. The van der Waals surface area contributed by atoms with Gasteiger partial charge in [0.15, 0.2) is 6.10 Å². The van der Waals surface area contributed by atoms with Crippen LogP contribution in [0.15, 0.2) is 85.1 Å². The van der Waals surface area contributed by atoms with E-state index in [1.165, 1.54) is 250 Å². The van der Waals surface area contributed by atoms with Crippen LogP contribution in [0.1, 0.15) is 361 Å². The monoisotopic (exact) mass is 1280 g/mol. The number of carbonyl (C=O) groups excluding carboxylic acids is 2. The van der Waals surface area contributed by atoms with Gasteiger partial charge < -0.3 is 27.9 Å². The third-order valence-corrected chi connectivity index (χ3v) is 17.9. The molecule has 0 heterocycles. The fourth-order valence-corrected chi connectivity index (χ4v) is 11.8. The predicted octanol–water partition coefficient (Wildman–Crippen LogP) is 24.6. The van der Waals surface area contributed by atoms with Crippen LogP contribution >= 0.6 is 7.82 Å². The van der Waals surface area contributed by atoms with Gasteiger partial charge in [0.05, 0.1) is 27.7 Å². The average molecular weight is 1280 g/mol. The maximum Gasteiger partial charge on any atom is 0.306 e. The van der Waals surface area contributed by atoms with Crippen molar-refractivity contribution in [1.29, 1.82) is 0 Å². The highest BCUT2D eigenvalue weighted by Gasteiger charge is 2.22. The lowest BCUT2D eigenvalue weighted by molar-refractivity contribution is -0.870. The van der Waals surface area contributed by atoms with Crippen molar-refractivity contribution < 1.29 is 42.1 Å². The van der Waals surface area contributed by atoms with Crippen LogP contribution in [-0.4, -0.2) is 70.0 Å². The molecule has 0 aliphatic carbocycles. The van der Waals surface area contributed by atoms with Gasteiger partial charge in [0.25, 0.3) is 7.82 Å². The number of likely N-dealkylation sites (N-methyl/N-ethyl adjacent to an activating group) is 1. The van der Waals surface area contributed by atoms with Crippen LogP contribution < -0.4 is 4.89 Å². The second-order valence-corrected chi connectivity index (χ2v) is 28.4. The molecule has 2 unspecified atom stereocenters. The van der Waals surface area contributed by atoms with Crippen molar-refractivity contribution in [1.82, 2.24) is 0 Å². The number of hydrogen-bond donors (Lipinski definition) is 0. The Balaban J connectivity index is 3.97. The third-order valence-electron chi connectivity index (χ3n) is 16.9. The first-order valence-corrected chi connectivity index (χ1v) is 39.8. The van der Waals surface area contributed by atoms with E-state index in [0.717, 1.165) is 77.0 Å². The van der Waals surface area contributed by atoms with Crippen LogP contribution in [0.25, 0.3) is 0 Å². The van der Waals surface area contributed by atoms with Crippen molar-refractivity contribution in [3.63, 3.8) is 0 Å². The second-order valence-electron chi connectivity index (χ2n) is 27.0. The summed E-state index contributed by atoms with van der Waals surface area (Å²) in [6, 6.07) is 0. The smallest absolute Gasteiger partial charge is 0.306 e. The normalized spacial score (nSPS) is 13.5. The molecule has 0 aliphatic heterocycles. The van der Waals surface area contributed by atoms with Gasteiger partial charge in [0.2, 0.25) is 0 Å². The van der Waals surface area contributed by atoms with Gasteiger partial charge in [0.1, 0.15) is 19.8 Å². The van der Waals surface area contributed by atoms with E-state index < -0.39 is 26.5 Å². The number of phosphoric acid groups is 1. The van der Waals surface area contributed by atoms with E-state index >= 15 is 0 Å². The number of carbonyl (C=O) groups is 2. The standard InChI is InChI=1S/C80H146NO8P/c1-6-8-10-12-14-16-18-20-22-24-26-28-30-32-34-36-38-39-40-41-43-44-46-48-50-52-54-56-58-60-62-64-66-68-70-72-79(82)86-76-78(77-88-90(84,85)87-75-74-81(3,4)5)89-80(83)73-71-69-67-65-63-61-59-57-55-53-51-49-47-45-42-37-35-33-31-29-27-25-23-21-19-17-15-13-11-9-7-2/h9,11,15,17,21,23-24,26-27,29,33,35,42,45,78H,6-8,10,12-14,16,18-20,22,25,28,30-32,34,36-41,43-44,46-77H2,1-5H3/b11-9-,17-15-,23-21-,26-24-,29-27-,35-33-,45-42-. The maximum atomic E-state index is 12.9. The predicted molar refractivity (Wildman–Crippen MR) is 388 cm³/mol. The van der Waals surface area contributed by atoms with Gasteiger partial charge in [-0.05, 0) is 89.9 Å². The highest BCUT2D eigenvalue weighted by Crippen LogP contribution is 2.38. The zero-order valence-corrected chi connectivity index (χ0v) is 60.7. The highest BCUT2D eigenvalue weighted by molar-refractivity contribution is 7.45. The van der Waals surface area contributed by atoms with Crippen LogP contribution in [0.2, 0.25) is 0 Å². The molecule has 0 spiro atoms. The Morgan fingerprint density at radius 1 is 0.356 bits per heavy atom. The molecule has 0 aromatic rings. The van der Waals surface area contributed by atoms with E-state index in [2.05, 4.69) is 98.9 Å². The molecule has 0 bridgehead atoms. The molecule has 2 atom stereocenters. The average Bonchev–Trinajstić information content (AvgIpc) is 3.58. The fraction of sp³-hybridized carbons (Fsp3) is 0.800. The number of esters is 2. The van der Waals surface area contributed by atoms with Crippen LogP contribution in [-0.2, 0) is 32.7 Å². The third kappa shape index (κ3) is 74.2. The Morgan fingerprint density at radius 3 is 0.956 bits per heavy atom. The van der Waals surface area contributed by atoms with Crippen molar-refractivity contribution in [2.24, 2.45) is 0 Å². The number of ether oxygens (including phenoxy) is 2. The summed E-state index contributed by atoms with van der Waals surface area (Å²) in [6.45, 7) is 4.17. The number of allylic oxidation sites excluding steroid dienone is 14. The summed E-state index contributed by atoms with van der Waals surface area (Å²) in [7, 11) is 1.17. The number of hydrogen-bond acceptors (Lipinski definition) is 8. The van der Waals surface area contributed by atoms with Gasteiger partial charge in [-0.15, -0.1) is 0 Å². The Morgan fingerprint density at radius 2 is 0.633 bits per heavy atom. The zero-order valence-electron chi connectivity index (χ0n) is 59.8. The molecule has 0 saturated carbocycles. The molecule has 0 aromatic heterocycles. The Kier molecular flexibility index (Phi) is 68.3. The molecule has 0 aliphatic rings. The SMILES string of the molecule is CC/C=C\C/C=C\C/C=C\C/C=C\C/C=C\C/C=C\CCCCCCCCCCCCCCC(=O)OC(COC(=O)CCCCCCCCCCCCCCCCCCCCCCCCC/C=C\CCCCCCCCCC)COP(=O)([O-])OCC[N+](C)(C)C. The van der Waals surface area contributed by atoms with Crippen molar-refractivity contribution in [2.45, 2.75) is 367 Å². The van der Waals surface area contributed by atoms with Crippen LogP contribution in [0.4, 0.5) is 0 Å². The number of quaternary nitrogens is 1. The molecule has 524 valence electrons. The topological polar surface area (TPSA) is 111 Å². The van der Waals surface area contributed by atoms with Gasteiger partial charge in [0, 0.05) is 12.8 Å². The first kappa shape index (κ1) is 87.2. The van der Waals surface area contributed by atoms with Crippen molar-refractivity contribution in [3.05, 3.63) is 85.1 Å². The number of nitrogens with zero attached hydrogens (tertiary/aromatic N) is 1. The maximum absolute atomic E-state index is 12.9. The van der Waals surface area contributed by atoms with Gasteiger partial charge in [-0.2, -0.15) is 0 Å². The second kappa shape index (κ2) is 70.5. The van der Waals surface area contributed by atoms with E-state index in [1.54, 1.807) is 0 Å². The van der Waals surface area contributed by atoms with Gasteiger partial charge in [-0.1, -0.05) is 343 Å². The van der Waals surface area contributed by atoms with Gasteiger partial charge in [-0.3, -0.25) is 14.2 Å². The quantitative estimate of drug-likeness (QED) is 0.0195.